The second-order valence-corrected chi connectivity index (χ2v) is 24.7. The van der Waals surface area contributed by atoms with E-state index >= 15 is 0 Å². The first kappa shape index (κ1) is 46.8. The molecule has 0 radical (unpaired) electrons. The predicted molar refractivity (Wildman–Crippen MR) is 207 cm³/mol. The average Bonchev–Trinajstić information content (AvgIpc) is 3.58. The number of anilines is 1. The smallest absolute Gasteiger partial charge is 0.427 e. The van der Waals surface area contributed by atoms with Crippen LogP contribution in [0.3, 0.4) is 0 Å². The Balaban J connectivity index is 2.35. The number of aromatic nitrogens is 2. The largest absolute Gasteiger partial charge is 0.443 e. The lowest BCUT2D eigenvalue weighted by Crippen LogP contribution is -2.49. The van der Waals surface area contributed by atoms with Gasteiger partial charge in [-0.1, -0.05) is 20.8 Å². The first-order valence-electron chi connectivity index (χ1n) is 18.7. The molecule has 2 saturated heterocycles. The Morgan fingerprint density at radius 2 is 1.12 bits per heavy atom. The van der Waals surface area contributed by atoms with Gasteiger partial charge in [-0.25, -0.2) is 24.2 Å². The first-order chi connectivity index (χ1) is 24.9. The van der Waals surface area contributed by atoms with E-state index in [9.17, 15) is 24.0 Å². The molecule has 0 unspecified atom stereocenters. The second-order valence-electron chi connectivity index (χ2n) is 19.9. The molecule has 2 fully saturated rings. The Morgan fingerprint density at radius 3 is 1.54 bits per heavy atom. The van der Waals surface area contributed by atoms with Gasteiger partial charge in [0.2, 0.25) is 0 Å². The lowest BCUT2D eigenvalue weighted by Gasteiger charge is -2.37. The Labute approximate surface area is 332 Å². The standard InChI is InChI=1S/C38H64N4O13Si/c1-33(2,3)52-29(44)41(30(45)53-34(4,5)6)26-23(27(43)42(31(46)54-35(7,8)9)32(47)55-36(10,11)12)39-21-40(26)28-25-24(50-38(16,17)51-25)22(49-28)20-48-56(18,19)37(13,14)15/h21-22,24-25,28H,20H2,1-19H3/t22-,24-,25-,28-/m1/s1. The van der Waals surface area contributed by atoms with Crippen molar-refractivity contribution in [2.24, 2.45) is 0 Å². The fourth-order valence-corrected chi connectivity index (χ4v) is 6.28. The van der Waals surface area contributed by atoms with Gasteiger partial charge in [0.25, 0.3) is 5.91 Å². The van der Waals surface area contributed by atoms with E-state index in [1.807, 2.05) is 0 Å². The molecular formula is C38H64N4O13Si. The predicted octanol–water partition coefficient (Wildman–Crippen LogP) is 8.31. The SMILES string of the molecule is CC(C)(C)OC(=O)N(C(=O)OC(C)(C)C)C(=O)c1ncn([C@@H]2O[C@H](CO[Si](C)(C)C(C)(C)C)[C@H]3OC(C)(C)O[C@H]32)c1N(C(=O)OC(C)(C)C)C(=O)OC(C)(C)C. The molecule has 0 aliphatic carbocycles. The summed E-state index contributed by atoms with van der Waals surface area (Å²) in [6, 6.07) is 0. The molecule has 3 rings (SSSR count). The van der Waals surface area contributed by atoms with Crippen molar-refractivity contribution >= 4 is 44.4 Å². The average molecular weight is 813 g/mol. The number of imidazole rings is 1. The number of fused-ring (bicyclic) bond motifs is 1. The summed E-state index contributed by atoms with van der Waals surface area (Å²) in [5.41, 5.74) is -5.37. The lowest BCUT2D eigenvalue weighted by molar-refractivity contribution is -0.199. The maximum absolute atomic E-state index is 14.7. The van der Waals surface area contributed by atoms with E-state index in [2.05, 4.69) is 38.8 Å². The fraction of sp³-hybridized carbons (Fsp3) is 0.789. The van der Waals surface area contributed by atoms with Crippen LogP contribution in [0, 0.1) is 0 Å². The molecule has 1 aromatic rings. The molecule has 1 aromatic heterocycles. The number of hydrogen-bond donors (Lipinski definition) is 0. The molecule has 0 spiro atoms. The van der Waals surface area contributed by atoms with Crippen molar-refractivity contribution in [2.75, 3.05) is 11.5 Å². The Kier molecular flexibility index (Phi) is 13.1. The minimum absolute atomic E-state index is 0.107. The first-order valence-corrected chi connectivity index (χ1v) is 21.6. The summed E-state index contributed by atoms with van der Waals surface area (Å²) < 4.78 is 49.3. The summed E-state index contributed by atoms with van der Waals surface area (Å²) >= 11 is 0. The number of rotatable bonds is 6. The van der Waals surface area contributed by atoms with Crippen molar-refractivity contribution in [2.45, 2.75) is 189 Å². The van der Waals surface area contributed by atoms with Crippen molar-refractivity contribution in [3.63, 3.8) is 0 Å². The van der Waals surface area contributed by atoms with Crippen LogP contribution in [0.4, 0.5) is 25.0 Å². The summed E-state index contributed by atoms with van der Waals surface area (Å²) in [7, 11) is -2.30. The van der Waals surface area contributed by atoms with Crippen LogP contribution in [0.15, 0.2) is 6.33 Å². The van der Waals surface area contributed by atoms with Gasteiger partial charge in [-0.3, -0.25) is 9.36 Å². The summed E-state index contributed by atoms with van der Waals surface area (Å²) in [4.78, 5) is 75.2. The van der Waals surface area contributed by atoms with Gasteiger partial charge in [0, 0.05) is 0 Å². The summed E-state index contributed by atoms with van der Waals surface area (Å²) in [5, 5.41) is -0.126. The molecule has 56 heavy (non-hydrogen) atoms. The monoisotopic (exact) mass is 812 g/mol. The number of carbonyl (C=O) groups is 5. The van der Waals surface area contributed by atoms with Gasteiger partial charge < -0.3 is 37.6 Å². The molecule has 0 bridgehead atoms. The Hall–Kier alpha value is -3.58. The van der Waals surface area contributed by atoms with Crippen molar-refractivity contribution in [1.82, 2.24) is 14.5 Å². The van der Waals surface area contributed by atoms with Crippen molar-refractivity contribution in [1.29, 1.82) is 0 Å². The van der Waals surface area contributed by atoms with Gasteiger partial charge >= 0.3 is 24.4 Å². The van der Waals surface area contributed by atoms with Crippen LogP contribution in [0.2, 0.25) is 18.1 Å². The number of nitrogens with zero attached hydrogens (tertiary/aromatic N) is 4. The molecule has 0 N–H and O–H groups in total. The highest BCUT2D eigenvalue weighted by Gasteiger charge is 2.58. The van der Waals surface area contributed by atoms with Crippen LogP contribution in [0.1, 0.15) is 134 Å². The maximum Gasteiger partial charge on any atom is 0.427 e. The van der Waals surface area contributed by atoms with Gasteiger partial charge in [-0.05, 0) is 115 Å². The van der Waals surface area contributed by atoms with Crippen molar-refractivity contribution in [3.8, 4) is 0 Å². The molecular weight excluding hydrogens is 749 g/mol. The highest BCUT2D eigenvalue weighted by molar-refractivity contribution is 6.74. The van der Waals surface area contributed by atoms with Crippen LogP contribution in [-0.2, 0) is 37.6 Å². The zero-order chi connectivity index (χ0) is 43.4. The zero-order valence-electron chi connectivity index (χ0n) is 36.7. The molecule has 318 valence electrons. The third-order valence-corrected chi connectivity index (χ3v) is 13.0. The van der Waals surface area contributed by atoms with Gasteiger partial charge in [0.15, 0.2) is 31.8 Å². The molecule has 0 saturated carbocycles. The Morgan fingerprint density at radius 1 is 0.714 bits per heavy atom. The molecule has 0 aromatic carbocycles. The van der Waals surface area contributed by atoms with Gasteiger partial charge in [0.05, 0.1) is 12.9 Å². The number of hydrogen-bond acceptors (Lipinski definition) is 14. The minimum Gasteiger partial charge on any atom is -0.443 e. The molecule has 18 heteroatoms. The normalized spacial score (nSPS) is 21.6. The molecule has 17 nitrogen and oxygen atoms in total. The van der Waals surface area contributed by atoms with E-state index in [4.69, 9.17) is 37.6 Å². The van der Waals surface area contributed by atoms with Crippen molar-refractivity contribution < 1.29 is 61.6 Å². The number of imide groups is 4. The summed E-state index contributed by atoms with van der Waals surface area (Å²) in [6.07, 6.45) is -7.76. The fourth-order valence-electron chi connectivity index (χ4n) is 5.26. The molecule has 2 aliphatic heterocycles. The topological polar surface area (TPSA) is 183 Å². The minimum atomic E-state index is -2.30. The van der Waals surface area contributed by atoms with Crippen molar-refractivity contribution in [3.05, 3.63) is 12.0 Å². The number of ether oxygens (including phenoxy) is 7. The van der Waals surface area contributed by atoms with Gasteiger partial charge in [-0.2, -0.15) is 4.90 Å². The highest BCUT2D eigenvalue weighted by atomic mass is 28.4. The van der Waals surface area contributed by atoms with E-state index in [1.165, 1.54) is 4.57 Å². The van der Waals surface area contributed by atoms with Crippen LogP contribution in [-0.4, -0.2) is 106 Å². The molecule has 5 amide bonds. The molecule has 2 aliphatic rings. The maximum atomic E-state index is 14.7. The quantitative estimate of drug-likeness (QED) is 0.197. The van der Waals surface area contributed by atoms with Gasteiger partial charge in [0.1, 0.15) is 40.7 Å². The molecule has 3 heterocycles. The summed E-state index contributed by atoms with van der Waals surface area (Å²) in [5.74, 6) is -3.05. The van der Waals surface area contributed by atoms with Crippen LogP contribution in [0.25, 0.3) is 0 Å². The van der Waals surface area contributed by atoms with Crippen LogP contribution < -0.4 is 4.90 Å². The second kappa shape index (κ2) is 15.6. The van der Waals surface area contributed by atoms with E-state index in [1.54, 1.807) is 96.9 Å². The van der Waals surface area contributed by atoms with E-state index in [-0.39, 0.29) is 16.5 Å². The van der Waals surface area contributed by atoms with Gasteiger partial charge in [-0.15, -0.1) is 4.90 Å². The van der Waals surface area contributed by atoms with E-state index < -0.39 is 103 Å². The van der Waals surface area contributed by atoms with Crippen LogP contribution >= 0.6 is 0 Å². The van der Waals surface area contributed by atoms with Crippen LogP contribution in [0.5, 0.6) is 0 Å². The summed E-state index contributed by atoms with van der Waals surface area (Å²) in [6.45, 7) is 32.8. The number of amides is 5. The van der Waals surface area contributed by atoms with E-state index in [0.29, 0.717) is 4.90 Å². The third kappa shape index (κ3) is 11.7. The highest BCUT2D eigenvalue weighted by Crippen LogP contribution is 2.46. The number of carbonyl (C=O) groups excluding carboxylic acids is 5. The lowest BCUT2D eigenvalue weighted by atomic mass is 10.1. The van der Waals surface area contributed by atoms with E-state index in [0.717, 1.165) is 6.33 Å². The molecule has 4 atom stereocenters. The zero-order valence-corrected chi connectivity index (χ0v) is 37.7. The Bertz CT molecular complexity index is 1600. The third-order valence-electron chi connectivity index (χ3n) is 8.50.